The SMILES string of the molecule is C=CC(=O)N1CCCC(n2nc(-c3ccc(OCc4nccs4)c(Cl)c3)c(C(N)=NC)c2NC)C1. The number of hydrogen-bond acceptors (Lipinski definition) is 7. The Morgan fingerprint density at radius 3 is 2.97 bits per heavy atom. The molecule has 0 aliphatic carbocycles. The Bertz CT molecular complexity index is 1240. The van der Waals surface area contributed by atoms with Crippen molar-refractivity contribution in [1.29, 1.82) is 0 Å². The molecule has 1 fully saturated rings. The number of likely N-dealkylation sites (tertiary alicyclic amines) is 1. The predicted octanol–water partition coefficient (Wildman–Crippen LogP) is 3.97. The maximum atomic E-state index is 12.2. The third-order valence-corrected chi connectivity index (χ3v) is 6.96. The molecule has 3 aromatic rings. The van der Waals surface area contributed by atoms with E-state index in [2.05, 4.69) is 21.9 Å². The number of anilines is 1. The van der Waals surface area contributed by atoms with Crippen molar-refractivity contribution < 1.29 is 9.53 Å². The van der Waals surface area contributed by atoms with Crippen LogP contribution in [0, 0.1) is 0 Å². The van der Waals surface area contributed by atoms with Crippen molar-refractivity contribution in [1.82, 2.24) is 19.7 Å². The van der Waals surface area contributed by atoms with Crippen molar-refractivity contribution in [3.05, 3.63) is 58.0 Å². The minimum Gasteiger partial charge on any atom is -0.485 e. The Kier molecular flexibility index (Phi) is 7.72. The van der Waals surface area contributed by atoms with Gasteiger partial charge in [0.25, 0.3) is 0 Å². The number of ether oxygens (including phenoxy) is 1. The van der Waals surface area contributed by atoms with Crippen molar-refractivity contribution in [2.75, 3.05) is 32.5 Å². The fraction of sp³-hybridized carbons (Fsp3) is 0.333. The number of aliphatic imine (C=N–C) groups is 1. The lowest BCUT2D eigenvalue weighted by Gasteiger charge is -2.33. The van der Waals surface area contributed by atoms with Gasteiger partial charge < -0.3 is 20.7 Å². The number of benzene rings is 1. The Morgan fingerprint density at radius 2 is 2.31 bits per heavy atom. The fourth-order valence-electron chi connectivity index (χ4n) is 4.21. The van der Waals surface area contributed by atoms with Gasteiger partial charge in [0.2, 0.25) is 5.91 Å². The molecule has 1 aromatic carbocycles. The smallest absolute Gasteiger partial charge is 0.246 e. The van der Waals surface area contributed by atoms with Gasteiger partial charge in [-0.1, -0.05) is 18.2 Å². The topological polar surface area (TPSA) is 111 Å². The highest BCUT2D eigenvalue weighted by atomic mass is 35.5. The molecule has 3 N–H and O–H groups in total. The number of piperidine rings is 1. The van der Waals surface area contributed by atoms with Crippen LogP contribution in [0.25, 0.3) is 11.3 Å². The normalized spacial score (nSPS) is 16.3. The van der Waals surface area contributed by atoms with Crippen LogP contribution < -0.4 is 15.8 Å². The molecule has 1 atom stereocenters. The van der Waals surface area contributed by atoms with E-state index in [1.807, 2.05) is 35.3 Å². The zero-order chi connectivity index (χ0) is 24.9. The minimum atomic E-state index is -0.0805. The molecule has 0 bridgehead atoms. The predicted molar refractivity (Wildman–Crippen MR) is 140 cm³/mol. The van der Waals surface area contributed by atoms with Gasteiger partial charge in [-0.15, -0.1) is 11.3 Å². The monoisotopic (exact) mass is 513 g/mol. The Morgan fingerprint density at radius 1 is 1.49 bits per heavy atom. The number of nitrogens with zero attached hydrogens (tertiary/aromatic N) is 5. The summed E-state index contributed by atoms with van der Waals surface area (Å²) in [6.45, 7) is 5.20. The lowest BCUT2D eigenvalue weighted by molar-refractivity contribution is -0.127. The van der Waals surface area contributed by atoms with Gasteiger partial charge in [0.1, 0.15) is 34.7 Å². The first-order valence-corrected chi connectivity index (χ1v) is 12.5. The summed E-state index contributed by atoms with van der Waals surface area (Å²) in [5, 5.41) is 11.4. The number of carbonyl (C=O) groups is 1. The summed E-state index contributed by atoms with van der Waals surface area (Å²) >= 11 is 8.10. The average Bonchev–Trinajstić information content (AvgIpc) is 3.55. The highest BCUT2D eigenvalue weighted by Gasteiger charge is 2.30. The second-order valence-corrected chi connectivity index (χ2v) is 9.41. The summed E-state index contributed by atoms with van der Waals surface area (Å²) in [5.41, 5.74) is 8.46. The molecule has 2 aromatic heterocycles. The van der Waals surface area contributed by atoms with Crippen molar-refractivity contribution >= 4 is 40.5 Å². The van der Waals surface area contributed by atoms with E-state index in [9.17, 15) is 4.79 Å². The average molecular weight is 514 g/mol. The largest absolute Gasteiger partial charge is 0.485 e. The van der Waals surface area contributed by atoms with Gasteiger partial charge in [-0.25, -0.2) is 9.67 Å². The first-order chi connectivity index (χ1) is 17.0. The van der Waals surface area contributed by atoms with Gasteiger partial charge in [0, 0.05) is 44.3 Å². The van der Waals surface area contributed by atoms with Gasteiger partial charge in [-0.2, -0.15) is 5.10 Å². The van der Waals surface area contributed by atoms with Gasteiger partial charge in [-0.3, -0.25) is 9.79 Å². The molecule has 1 amide bonds. The van der Waals surface area contributed by atoms with E-state index in [1.165, 1.54) is 17.4 Å². The molecule has 1 unspecified atom stereocenters. The maximum Gasteiger partial charge on any atom is 0.246 e. The van der Waals surface area contributed by atoms with Crippen molar-refractivity contribution in [3.8, 4) is 17.0 Å². The van der Waals surface area contributed by atoms with Gasteiger partial charge in [0.15, 0.2) is 0 Å². The quantitative estimate of drug-likeness (QED) is 0.268. The number of nitrogens with two attached hydrogens (primary N) is 1. The minimum absolute atomic E-state index is 0.0244. The molecule has 1 aliphatic heterocycles. The van der Waals surface area contributed by atoms with Crippen LogP contribution >= 0.6 is 22.9 Å². The molecule has 1 aliphatic rings. The molecule has 9 nitrogen and oxygen atoms in total. The van der Waals surface area contributed by atoms with Crippen molar-refractivity contribution in [2.45, 2.75) is 25.5 Å². The lowest BCUT2D eigenvalue weighted by atomic mass is 10.0. The van der Waals surface area contributed by atoms with Crippen LogP contribution in [-0.2, 0) is 11.4 Å². The second-order valence-electron chi connectivity index (χ2n) is 8.02. The third-order valence-electron chi connectivity index (χ3n) is 5.91. The van der Waals surface area contributed by atoms with E-state index in [0.29, 0.717) is 47.6 Å². The van der Waals surface area contributed by atoms with Gasteiger partial charge >= 0.3 is 0 Å². The number of nitrogens with one attached hydrogen (secondary N) is 1. The first kappa shape index (κ1) is 24.7. The third kappa shape index (κ3) is 5.18. The Labute approximate surface area is 213 Å². The molecular weight excluding hydrogens is 486 g/mol. The zero-order valence-electron chi connectivity index (χ0n) is 19.7. The number of amidine groups is 1. The van der Waals surface area contributed by atoms with Gasteiger partial charge in [0.05, 0.1) is 16.6 Å². The molecule has 0 radical (unpaired) electrons. The van der Waals surface area contributed by atoms with Crippen LogP contribution in [0.2, 0.25) is 5.02 Å². The number of rotatable bonds is 8. The lowest BCUT2D eigenvalue weighted by Crippen LogP contribution is -2.40. The number of aromatic nitrogens is 3. The van der Waals surface area contributed by atoms with Crippen LogP contribution in [-0.4, -0.2) is 58.6 Å². The summed E-state index contributed by atoms with van der Waals surface area (Å²) < 4.78 is 7.75. The van der Waals surface area contributed by atoms with Crippen LogP contribution in [0.15, 0.2) is 47.4 Å². The molecule has 3 heterocycles. The van der Waals surface area contributed by atoms with Crippen LogP contribution in [0.5, 0.6) is 5.75 Å². The van der Waals surface area contributed by atoms with Gasteiger partial charge in [-0.05, 0) is 37.1 Å². The molecule has 11 heteroatoms. The van der Waals surface area contributed by atoms with Crippen LogP contribution in [0.1, 0.15) is 29.5 Å². The van der Waals surface area contributed by atoms with E-state index >= 15 is 0 Å². The van der Waals surface area contributed by atoms with E-state index in [1.54, 1.807) is 18.1 Å². The molecule has 0 saturated carbocycles. The number of amides is 1. The molecule has 35 heavy (non-hydrogen) atoms. The maximum absolute atomic E-state index is 12.2. The summed E-state index contributed by atoms with van der Waals surface area (Å²) in [6.07, 6.45) is 4.84. The summed E-state index contributed by atoms with van der Waals surface area (Å²) in [6, 6.07) is 5.50. The van der Waals surface area contributed by atoms with E-state index in [-0.39, 0.29) is 11.9 Å². The molecule has 4 rings (SSSR count). The van der Waals surface area contributed by atoms with Crippen molar-refractivity contribution in [2.24, 2.45) is 10.7 Å². The summed E-state index contributed by atoms with van der Waals surface area (Å²) in [4.78, 5) is 22.5. The number of carbonyl (C=O) groups excluding carboxylic acids is 1. The van der Waals surface area contributed by atoms with Crippen LogP contribution in [0.3, 0.4) is 0 Å². The second kappa shape index (κ2) is 10.9. The highest BCUT2D eigenvalue weighted by Crippen LogP contribution is 2.36. The summed E-state index contributed by atoms with van der Waals surface area (Å²) in [5.74, 6) is 1.57. The molecular formula is C24H28ClN7O2S. The fourth-order valence-corrected chi connectivity index (χ4v) is 4.97. The Hall–Kier alpha value is -3.37. The molecule has 184 valence electrons. The number of halogens is 1. The number of hydrogen-bond donors (Lipinski definition) is 2. The van der Waals surface area contributed by atoms with E-state index in [4.69, 9.17) is 27.2 Å². The molecule has 1 saturated heterocycles. The number of thiazole rings is 1. The van der Waals surface area contributed by atoms with E-state index < -0.39 is 0 Å². The summed E-state index contributed by atoms with van der Waals surface area (Å²) in [7, 11) is 3.46. The highest BCUT2D eigenvalue weighted by molar-refractivity contribution is 7.09. The molecule has 0 spiro atoms. The zero-order valence-corrected chi connectivity index (χ0v) is 21.3. The standard InChI is InChI=1S/C24H28ClN7O2S/c1-4-20(33)31-10-5-6-16(13-31)32-24(28-3)21(23(26)27-2)22(30-32)15-7-8-18(17(25)12-15)34-14-19-29-9-11-35-19/h4,7-9,11-12,16,28H,1,5-6,10,13-14H2,2-3H3,(H2,26,27). The van der Waals surface area contributed by atoms with E-state index in [0.717, 1.165) is 29.2 Å². The van der Waals surface area contributed by atoms with Crippen molar-refractivity contribution in [3.63, 3.8) is 0 Å². The van der Waals surface area contributed by atoms with Crippen LogP contribution in [0.4, 0.5) is 5.82 Å². The first-order valence-electron chi connectivity index (χ1n) is 11.2. The Balaban J connectivity index is 1.70.